The van der Waals surface area contributed by atoms with Gasteiger partial charge in [0.25, 0.3) is 5.91 Å². The van der Waals surface area contributed by atoms with Crippen LogP contribution in [-0.4, -0.2) is 48.9 Å². The van der Waals surface area contributed by atoms with Crippen molar-refractivity contribution in [3.05, 3.63) is 35.6 Å². The highest BCUT2D eigenvalue weighted by molar-refractivity contribution is 5.93. The molecule has 24 heavy (non-hydrogen) atoms. The zero-order valence-electron chi connectivity index (χ0n) is 13.9. The van der Waals surface area contributed by atoms with Crippen molar-refractivity contribution in [1.82, 2.24) is 4.90 Å². The Morgan fingerprint density at radius 1 is 1.33 bits per heavy atom. The third-order valence-electron chi connectivity index (χ3n) is 4.45. The van der Waals surface area contributed by atoms with Crippen LogP contribution in [0, 0.1) is 5.82 Å². The van der Waals surface area contributed by atoms with Gasteiger partial charge in [0, 0.05) is 33.0 Å². The highest BCUT2D eigenvalue weighted by Gasteiger charge is 2.31. The molecule has 2 aliphatic rings. The second kappa shape index (κ2) is 7.75. The van der Waals surface area contributed by atoms with Gasteiger partial charge in [-0.05, 0) is 37.0 Å². The molecule has 5 nitrogen and oxygen atoms in total. The number of likely N-dealkylation sites (N-methyl/N-ethyl adjacent to an activating group) is 1. The maximum absolute atomic E-state index is 12.9. The first-order valence-corrected chi connectivity index (χ1v) is 8.44. The monoisotopic (exact) mass is 334 g/mol. The van der Waals surface area contributed by atoms with Gasteiger partial charge in [0.05, 0.1) is 11.8 Å². The molecule has 3 rings (SSSR count). The van der Waals surface area contributed by atoms with E-state index in [0.717, 1.165) is 37.1 Å². The maximum atomic E-state index is 12.9. The molecule has 0 unspecified atom stereocenters. The number of hydrogen-bond donors (Lipinski definition) is 0. The molecule has 1 aromatic carbocycles. The fourth-order valence-electron chi connectivity index (χ4n) is 3.09. The van der Waals surface area contributed by atoms with E-state index in [9.17, 15) is 9.18 Å². The molecule has 130 valence electrons. The van der Waals surface area contributed by atoms with Crippen molar-refractivity contribution in [3.63, 3.8) is 0 Å². The Hall–Kier alpha value is -1.95. The summed E-state index contributed by atoms with van der Waals surface area (Å²) in [6, 6.07) is 6.29. The van der Waals surface area contributed by atoms with E-state index in [0.29, 0.717) is 19.4 Å². The lowest BCUT2D eigenvalue weighted by molar-refractivity contribution is -0.143. The molecule has 2 heterocycles. The van der Waals surface area contributed by atoms with Gasteiger partial charge in [-0.2, -0.15) is 0 Å². The van der Waals surface area contributed by atoms with E-state index in [1.54, 1.807) is 24.1 Å². The molecule has 0 aromatic heterocycles. The van der Waals surface area contributed by atoms with Crippen LogP contribution in [0.2, 0.25) is 0 Å². The molecule has 2 atom stereocenters. The molecule has 1 saturated heterocycles. The number of amides is 1. The average Bonchev–Trinajstić information content (AvgIpc) is 3.05. The fourth-order valence-corrected chi connectivity index (χ4v) is 3.09. The Kier molecular flexibility index (Phi) is 5.45. The lowest BCUT2D eigenvalue weighted by atomic mass is 10.0. The summed E-state index contributed by atoms with van der Waals surface area (Å²) in [5, 5.41) is 4.03. The summed E-state index contributed by atoms with van der Waals surface area (Å²) in [5.41, 5.74) is 1.76. The quantitative estimate of drug-likeness (QED) is 0.831. The van der Waals surface area contributed by atoms with Gasteiger partial charge in [-0.15, -0.1) is 0 Å². The molecule has 2 aliphatic heterocycles. The topological polar surface area (TPSA) is 51.1 Å². The van der Waals surface area contributed by atoms with Crippen molar-refractivity contribution in [3.8, 4) is 0 Å². The summed E-state index contributed by atoms with van der Waals surface area (Å²) in [5.74, 6) is -0.329. The molecule has 1 fully saturated rings. The minimum atomic E-state index is -0.561. The first-order chi connectivity index (χ1) is 11.6. The number of rotatable bonds is 5. The van der Waals surface area contributed by atoms with Crippen LogP contribution in [0.4, 0.5) is 4.39 Å². The van der Waals surface area contributed by atoms with E-state index in [4.69, 9.17) is 9.57 Å². The number of oxime groups is 1. The van der Waals surface area contributed by atoms with Crippen LogP contribution < -0.4 is 0 Å². The smallest absolute Gasteiger partial charge is 0.266 e. The predicted molar refractivity (Wildman–Crippen MR) is 88.3 cm³/mol. The van der Waals surface area contributed by atoms with Crippen LogP contribution in [0.1, 0.15) is 31.2 Å². The summed E-state index contributed by atoms with van der Waals surface area (Å²) in [6.45, 7) is 1.36. The summed E-state index contributed by atoms with van der Waals surface area (Å²) >= 11 is 0. The van der Waals surface area contributed by atoms with E-state index in [1.165, 1.54) is 12.1 Å². The molecule has 0 saturated carbocycles. The zero-order valence-corrected chi connectivity index (χ0v) is 13.9. The van der Waals surface area contributed by atoms with Crippen LogP contribution in [0.5, 0.6) is 0 Å². The van der Waals surface area contributed by atoms with Gasteiger partial charge in [0.15, 0.2) is 0 Å². The van der Waals surface area contributed by atoms with E-state index >= 15 is 0 Å². The van der Waals surface area contributed by atoms with Gasteiger partial charge in [0.1, 0.15) is 5.82 Å². The number of benzene rings is 1. The molecule has 0 spiro atoms. The summed E-state index contributed by atoms with van der Waals surface area (Å²) in [7, 11) is 1.78. The van der Waals surface area contributed by atoms with Crippen molar-refractivity contribution >= 4 is 11.6 Å². The van der Waals surface area contributed by atoms with Gasteiger partial charge in [-0.3, -0.25) is 4.79 Å². The Morgan fingerprint density at radius 2 is 2.12 bits per heavy atom. The third kappa shape index (κ3) is 4.32. The average molecular weight is 334 g/mol. The first-order valence-electron chi connectivity index (χ1n) is 8.44. The lowest BCUT2D eigenvalue weighted by Gasteiger charge is -2.28. The zero-order chi connectivity index (χ0) is 16.9. The third-order valence-corrected chi connectivity index (χ3v) is 4.45. The molecular weight excluding hydrogens is 311 g/mol. The van der Waals surface area contributed by atoms with Crippen molar-refractivity contribution in [2.24, 2.45) is 5.16 Å². The minimum Gasteiger partial charge on any atom is -0.382 e. The lowest BCUT2D eigenvalue weighted by Crippen LogP contribution is -2.42. The predicted octanol–water partition coefficient (Wildman–Crippen LogP) is 2.54. The van der Waals surface area contributed by atoms with Crippen molar-refractivity contribution in [2.75, 3.05) is 20.2 Å². The number of carbonyl (C=O) groups is 1. The molecule has 0 radical (unpaired) electrons. The summed E-state index contributed by atoms with van der Waals surface area (Å²) in [4.78, 5) is 19.5. The van der Waals surface area contributed by atoms with Crippen LogP contribution in [-0.2, 0) is 20.8 Å². The van der Waals surface area contributed by atoms with Crippen LogP contribution in [0.15, 0.2) is 29.4 Å². The molecule has 0 N–H and O–H groups in total. The largest absolute Gasteiger partial charge is 0.382 e. The van der Waals surface area contributed by atoms with Gasteiger partial charge in [-0.25, -0.2) is 4.39 Å². The van der Waals surface area contributed by atoms with E-state index in [1.807, 2.05) is 0 Å². The van der Waals surface area contributed by atoms with E-state index in [2.05, 4.69) is 5.16 Å². The van der Waals surface area contributed by atoms with Crippen LogP contribution in [0.3, 0.4) is 0 Å². The molecular formula is C18H23FN2O3. The molecule has 6 heteroatoms. The Bertz CT molecular complexity index is 597. The molecule has 0 bridgehead atoms. The Balaban J connectivity index is 1.48. The van der Waals surface area contributed by atoms with E-state index in [-0.39, 0.29) is 17.8 Å². The molecule has 1 aromatic rings. The van der Waals surface area contributed by atoms with Gasteiger partial charge < -0.3 is 14.5 Å². The number of ether oxygens (including phenoxy) is 1. The number of hydrogen-bond acceptors (Lipinski definition) is 4. The summed E-state index contributed by atoms with van der Waals surface area (Å²) in [6.07, 6.45) is 3.85. The standard InChI is InChI=1S/C18H23FN2O3/c1-21(12-16-4-2-3-9-23-16)18(22)17-11-15(20-24-17)10-13-5-7-14(19)8-6-13/h5-8,16-17H,2-4,9-12H2,1H3/t16-,17-/m1/s1. The van der Waals surface area contributed by atoms with Crippen LogP contribution >= 0.6 is 0 Å². The number of carbonyl (C=O) groups excluding carboxylic acids is 1. The fraction of sp³-hybridized carbons (Fsp3) is 0.556. The second-order valence-electron chi connectivity index (χ2n) is 6.47. The van der Waals surface area contributed by atoms with E-state index < -0.39 is 6.10 Å². The minimum absolute atomic E-state index is 0.0676. The second-order valence-corrected chi connectivity index (χ2v) is 6.47. The van der Waals surface area contributed by atoms with Crippen molar-refractivity contribution in [2.45, 2.75) is 44.3 Å². The Morgan fingerprint density at radius 3 is 2.83 bits per heavy atom. The normalized spacial score (nSPS) is 23.5. The van der Waals surface area contributed by atoms with Crippen molar-refractivity contribution < 1.29 is 18.8 Å². The molecule has 1 amide bonds. The highest BCUT2D eigenvalue weighted by Crippen LogP contribution is 2.18. The summed E-state index contributed by atoms with van der Waals surface area (Å²) < 4.78 is 18.6. The van der Waals surface area contributed by atoms with Crippen LogP contribution in [0.25, 0.3) is 0 Å². The SMILES string of the molecule is CN(C[C@H]1CCCCO1)C(=O)[C@H]1CC(Cc2ccc(F)cc2)=NO1. The van der Waals surface area contributed by atoms with Gasteiger partial charge >= 0.3 is 0 Å². The Labute approximate surface area is 141 Å². The van der Waals surface area contributed by atoms with Gasteiger partial charge in [0.2, 0.25) is 6.10 Å². The first kappa shape index (κ1) is 16.9. The van der Waals surface area contributed by atoms with Crippen molar-refractivity contribution in [1.29, 1.82) is 0 Å². The van der Waals surface area contributed by atoms with Gasteiger partial charge in [-0.1, -0.05) is 17.3 Å². The molecule has 0 aliphatic carbocycles. The number of nitrogens with zero attached hydrogens (tertiary/aromatic N) is 2. The number of halogens is 1. The highest BCUT2D eigenvalue weighted by atomic mass is 19.1. The maximum Gasteiger partial charge on any atom is 0.266 e.